The Morgan fingerprint density at radius 1 is 1.67 bits per heavy atom. The highest BCUT2D eigenvalue weighted by Gasteiger charge is 2.19. The van der Waals surface area contributed by atoms with Crippen LogP contribution in [0.25, 0.3) is 0 Å². The zero-order chi connectivity index (χ0) is 8.97. The maximum Gasteiger partial charge on any atom is 0.248 e. The minimum absolute atomic E-state index is 0.0634. The van der Waals surface area contributed by atoms with Crippen molar-refractivity contribution >= 4 is 5.91 Å². The van der Waals surface area contributed by atoms with Gasteiger partial charge in [-0.05, 0) is 26.2 Å². The van der Waals surface area contributed by atoms with Crippen LogP contribution in [-0.4, -0.2) is 12.5 Å². The Balaban J connectivity index is 2.73. The fraction of sp³-hybridized carbons (Fsp3) is 0.556. The molecule has 1 aliphatic carbocycles. The summed E-state index contributed by atoms with van der Waals surface area (Å²) in [5.41, 5.74) is 1.36. The molecule has 0 heterocycles. The van der Waals surface area contributed by atoms with Crippen LogP contribution in [0, 0.1) is 11.3 Å². The van der Waals surface area contributed by atoms with E-state index in [1.54, 1.807) is 0 Å². The zero-order valence-electron chi connectivity index (χ0n) is 7.18. The normalized spacial score (nSPS) is 16.0. The van der Waals surface area contributed by atoms with Gasteiger partial charge in [-0.2, -0.15) is 5.26 Å². The number of likely N-dealkylation sites (N-methyl/N-ethyl adjacent to an activating group) is 1. The van der Waals surface area contributed by atoms with E-state index in [-0.39, 0.29) is 5.91 Å². The summed E-state index contributed by atoms with van der Waals surface area (Å²) in [5.74, 6) is -0.0634. The van der Waals surface area contributed by atoms with Crippen LogP contribution in [0.15, 0.2) is 11.1 Å². The van der Waals surface area contributed by atoms with Crippen LogP contribution in [0.3, 0.4) is 0 Å². The Labute approximate surface area is 72.1 Å². The van der Waals surface area contributed by atoms with Gasteiger partial charge in [0.2, 0.25) is 5.91 Å². The van der Waals surface area contributed by atoms with Gasteiger partial charge in [0.15, 0.2) is 0 Å². The highest BCUT2D eigenvalue weighted by molar-refractivity contribution is 5.95. The molecule has 0 saturated heterocycles. The lowest BCUT2D eigenvalue weighted by Gasteiger charge is -2.01. The zero-order valence-corrected chi connectivity index (χ0v) is 7.18. The Kier molecular flexibility index (Phi) is 2.87. The van der Waals surface area contributed by atoms with E-state index in [0.717, 1.165) is 19.3 Å². The van der Waals surface area contributed by atoms with Crippen LogP contribution in [0.2, 0.25) is 0 Å². The molecule has 0 radical (unpaired) electrons. The number of nitriles is 1. The highest BCUT2D eigenvalue weighted by Crippen LogP contribution is 2.25. The number of rotatable bonds is 2. The molecule has 1 N–H and O–H groups in total. The summed E-state index contributed by atoms with van der Waals surface area (Å²) < 4.78 is 0. The standard InChI is InChI=1S/C9H12N2O/c1-2-11-9(12)8-5-3-4-7(8)6-10/h2-5H2,1H3,(H,11,12). The predicted octanol–water partition coefficient (Wildman–Crippen LogP) is 1.13. The molecule has 0 spiro atoms. The number of hydrogen-bond acceptors (Lipinski definition) is 2. The fourth-order valence-electron chi connectivity index (χ4n) is 1.38. The topological polar surface area (TPSA) is 52.9 Å². The smallest absolute Gasteiger partial charge is 0.248 e. The van der Waals surface area contributed by atoms with E-state index in [2.05, 4.69) is 11.4 Å². The average molecular weight is 164 g/mol. The lowest BCUT2D eigenvalue weighted by Crippen LogP contribution is -2.24. The summed E-state index contributed by atoms with van der Waals surface area (Å²) in [6.45, 7) is 2.50. The van der Waals surface area contributed by atoms with Gasteiger partial charge < -0.3 is 5.32 Å². The molecule has 0 bridgehead atoms. The van der Waals surface area contributed by atoms with Gasteiger partial charge in [-0.3, -0.25) is 4.79 Å². The quantitative estimate of drug-likeness (QED) is 0.665. The number of allylic oxidation sites excluding steroid dienone is 1. The van der Waals surface area contributed by atoms with Gasteiger partial charge in [0.1, 0.15) is 0 Å². The number of carbonyl (C=O) groups is 1. The molecule has 3 heteroatoms. The third-order valence-corrected chi connectivity index (χ3v) is 1.96. The second-order valence-electron chi connectivity index (χ2n) is 2.78. The molecule has 0 aromatic rings. The Morgan fingerprint density at radius 2 is 2.42 bits per heavy atom. The van der Waals surface area contributed by atoms with Crippen molar-refractivity contribution < 1.29 is 4.79 Å². The van der Waals surface area contributed by atoms with Crippen LogP contribution in [-0.2, 0) is 4.79 Å². The number of hydrogen-bond donors (Lipinski definition) is 1. The molecule has 0 fully saturated rings. The Hall–Kier alpha value is -1.30. The van der Waals surface area contributed by atoms with E-state index in [1.165, 1.54) is 0 Å². The second-order valence-corrected chi connectivity index (χ2v) is 2.78. The monoisotopic (exact) mass is 164 g/mol. The van der Waals surface area contributed by atoms with Gasteiger partial charge in [-0.25, -0.2) is 0 Å². The van der Waals surface area contributed by atoms with Crippen molar-refractivity contribution in [1.82, 2.24) is 5.32 Å². The Bertz CT molecular complexity index is 260. The summed E-state index contributed by atoms with van der Waals surface area (Å²) in [7, 11) is 0. The van der Waals surface area contributed by atoms with Crippen LogP contribution < -0.4 is 5.32 Å². The van der Waals surface area contributed by atoms with Crippen molar-refractivity contribution in [1.29, 1.82) is 5.26 Å². The molecule has 64 valence electrons. The molecule has 0 aliphatic heterocycles. The number of nitrogens with one attached hydrogen (secondary N) is 1. The maximum absolute atomic E-state index is 11.3. The average Bonchev–Trinajstić information content (AvgIpc) is 2.51. The molecule has 1 rings (SSSR count). The molecular formula is C9H12N2O. The van der Waals surface area contributed by atoms with E-state index in [4.69, 9.17) is 5.26 Å². The van der Waals surface area contributed by atoms with Crippen molar-refractivity contribution in [2.45, 2.75) is 26.2 Å². The molecule has 12 heavy (non-hydrogen) atoms. The first-order valence-corrected chi connectivity index (χ1v) is 4.20. The molecule has 0 atom stereocenters. The predicted molar refractivity (Wildman–Crippen MR) is 45.2 cm³/mol. The fourth-order valence-corrected chi connectivity index (χ4v) is 1.38. The van der Waals surface area contributed by atoms with Gasteiger partial charge in [-0.1, -0.05) is 0 Å². The number of amides is 1. The van der Waals surface area contributed by atoms with Crippen molar-refractivity contribution in [2.24, 2.45) is 0 Å². The molecule has 0 saturated carbocycles. The summed E-state index contributed by atoms with van der Waals surface area (Å²) >= 11 is 0. The molecule has 3 nitrogen and oxygen atoms in total. The molecule has 0 aromatic carbocycles. The SMILES string of the molecule is CCNC(=O)C1=C(C#N)CCC1. The van der Waals surface area contributed by atoms with Crippen molar-refractivity contribution in [3.05, 3.63) is 11.1 Å². The lowest BCUT2D eigenvalue weighted by atomic mass is 10.1. The van der Waals surface area contributed by atoms with Crippen LogP contribution in [0.4, 0.5) is 0 Å². The third-order valence-electron chi connectivity index (χ3n) is 1.96. The maximum atomic E-state index is 11.3. The van der Waals surface area contributed by atoms with Crippen molar-refractivity contribution in [3.63, 3.8) is 0 Å². The Morgan fingerprint density at radius 3 is 3.00 bits per heavy atom. The van der Waals surface area contributed by atoms with Gasteiger partial charge >= 0.3 is 0 Å². The van der Waals surface area contributed by atoms with Gasteiger partial charge in [0, 0.05) is 17.7 Å². The van der Waals surface area contributed by atoms with Gasteiger partial charge in [0.25, 0.3) is 0 Å². The first-order valence-electron chi connectivity index (χ1n) is 4.20. The minimum atomic E-state index is -0.0634. The van der Waals surface area contributed by atoms with Crippen molar-refractivity contribution in [2.75, 3.05) is 6.54 Å². The van der Waals surface area contributed by atoms with E-state index >= 15 is 0 Å². The van der Waals surface area contributed by atoms with Gasteiger partial charge in [0.05, 0.1) is 6.07 Å². The highest BCUT2D eigenvalue weighted by atomic mass is 16.1. The first kappa shape index (κ1) is 8.79. The van der Waals surface area contributed by atoms with Crippen LogP contribution in [0.5, 0.6) is 0 Å². The minimum Gasteiger partial charge on any atom is -0.353 e. The molecule has 0 unspecified atom stereocenters. The summed E-state index contributed by atoms with van der Waals surface area (Å²) in [6, 6.07) is 2.07. The molecule has 1 amide bonds. The third kappa shape index (κ3) is 1.65. The molecule has 1 aliphatic rings. The van der Waals surface area contributed by atoms with Crippen LogP contribution in [0.1, 0.15) is 26.2 Å². The second kappa shape index (κ2) is 3.91. The summed E-state index contributed by atoms with van der Waals surface area (Å²) in [6.07, 6.45) is 2.47. The largest absolute Gasteiger partial charge is 0.353 e. The molecular weight excluding hydrogens is 152 g/mol. The van der Waals surface area contributed by atoms with Crippen molar-refractivity contribution in [3.8, 4) is 6.07 Å². The summed E-state index contributed by atoms with van der Waals surface area (Å²) in [5, 5.41) is 11.4. The molecule has 0 aromatic heterocycles. The van der Waals surface area contributed by atoms with Gasteiger partial charge in [-0.15, -0.1) is 0 Å². The summed E-state index contributed by atoms with van der Waals surface area (Å²) in [4.78, 5) is 11.3. The van der Waals surface area contributed by atoms with E-state index in [0.29, 0.717) is 17.7 Å². The number of nitrogens with zero attached hydrogens (tertiary/aromatic N) is 1. The van der Waals surface area contributed by atoms with E-state index in [9.17, 15) is 4.79 Å². The lowest BCUT2D eigenvalue weighted by molar-refractivity contribution is -0.117. The first-order chi connectivity index (χ1) is 5.79. The van der Waals surface area contributed by atoms with E-state index in [1.807, 2.05) is 6.92 Å². The van der Waals surface area contributed by atoms with E-state index < -0.39 is 0 Å². The van der Waals surface area contributed by atoms with Crippen LogP contribution >= 0.6 is 0 Å². The number of carbonyl (C=O) groups excluding carboxylic acids is 1.